The van der Waals surface area contributed by atoms with Crippen LogP contribution in [0.5, 0.6) is 0 Å². The third-order valence-corrected chi connectivity index (χ3v) is 2.81. The minimum atomic E-state index is -0.550. The van der Waals surface area contributed by atoms with E-state index in [2.05, 4.69) is 15.9 Å². The predicted molar refractivity (Wildman–Crippen MR) is 58.2 cm³/mol. The Morgan fingerprint density at radius 1 is 1.64 bits per heavy atom. The SMILES string of the molecule is Cc1cc(F)c(Br)cc1CC(Cl)C=O. The molecular weight excluding hydrogens is 270 g/mol. The Labute approximate surface area is 95.4 Å². The highest BCUT2D eigenvalue weighted by atomic mass is 79.9. The van der Waals surface area contributed by atoms with Crippen LogP contribution in [-0.4, -0.2) is 11.7 Å². The smallest absolute Gasteiger partial charge is 0.138 e. The standard InChI is InChI=1S/C10H9BrClFO/c1-6-2-10(13)9(11)4-7(6)3-8(12)5-14/h2,4-5,8H,3H2,1H3. The first-order valence-electron chi connectivity index (χ1n) is 4.08. The Balaban J connectivity index is 2.97. The van der Waals surface area contributed by atoms with Gasteiger partial charge in [-0.1, -0.05) is 0 Å². The molecule has 76 valence electrons. The Kier molecular flexibility index (Phi) is 4.08. The van der Waals surface area contributed by atoms with Crippen LogP contribution >= 0.6 is 27.5 Å². The number of carbonyl (C=O) groups is 1. The normalized spacial score (nSPS) is 12.6. The second-order valence-corrected chi connectivity index (χ2v) is 4.46. The lowest BCUT2D eigenvalue weighted by Crippen LogP contribution is -2.06. The molecule has 0 saturated carbocycles. The summed E-state index contributed by atoms with van der Waals surface area (Å²) in [6.07, 6.45) is 1.11. The highest BCUT2D eigenvalue weighted by molar-refractivity contribution is 9.10. The van der Waals surface area contributed by atoms with Gasteiger partial charge in [0.05, 0.1) is 9.85 Å². The van der Waals surface area contributed by atoms with Crippen molar-refractivity contribution in [1.82, 2.24) is 0 Å². The van der Waals surface area contributed by atoms with Crippen molar-refractivity contribution < 1.29 is 9.18 Å². The zero-order valence-electron chi connectivity index (χ0n) is 7.56. The van der Waals surface area contributed by atoms with Crippen molar-refractivity contribution in [3.05, 3.63) is 33.5 Å². The maximum atomic E-state index is 13.0. The summed E-state index contributed by atoms with van der Waals surface area (Å²) in [5, 5.41) is -0.550. The number of halogens is 3. The fraction of sp³-hybridized carbons (Fsp3) is 0.300. The van der Waals surface area contributed by atoms with E-state index in [1.54, 1.807) is 13.0 Å². The lowest BCUT2D eigenvalue weighted by molar-refractivity contribution is -0.107. The quantitative estimate of drug-likeness (QED) is 0.613. The van der Waals surface area contributed by atoms with Gasteiger partial charge >= 0.3 is 0 Å². The molecule has 0 fully saturated rings. The van der Waals surface area contributed by atoms with Crippen LogP contribution in [0.15, 0.2) is 16.6 Å². The molecule has 0 amide bonds. The van der Waals surface area contributed by atoms with Gasteiger partial charge in [0, 0.05) is 0 Å². The summed E-state index contributed by atoms with van der Waals surface area (Å²) in [6, 6.07) is 3.08. The minimum absolute atomic E-state index is 0.302. The molecule has 0 aliphatic rings. The molecule has 1 atom stereocenters. The van der Waals surface area contributed by atoms with E-state index in [9.17, 15) is 9.18 Å². The average molecular weight is 280 g/mol. The van der Waals surface area contributed by atoms with Crippen molar-refractivity contribution in [3.8, 4) is 0 Å². The minimum Gasteiger partial charge on any atom is -0.302 e. The molecule has 0 radical (unpaired) electrons. The van der Waals surface area contributed by atoms with Gasteiger partial charge in [-0.05, 0) is 52.5 Å². The van der Waals surface area contributed by atoms with Crippen LogP contribution in [0.2, 0.25) is 0 Å². The van der Waals surface area contributed by atoms with Crippen molar-refractivity contribution in [2.24, 2.45) is 0 Å². The van der Waals surface area contributed by atoms with E-state index in [1.807, 2.05) is 0 Å². The Morgan fingerprint density at radius 3 is 2.86 bits per heavy atom. The van der Waals surface area contributed by atoms with E-state index in [4.69, 9.17) is 11.6 Å². The van der Waals surface area contributed by atoms with Crippen LogP contribution in [0, 0.1) is 12.7 Å². The Hall–Kier alpha value is -0.410. The van der Waals surface area contributed by atoms with E-state index in [-0.39, 0.29) is 5.82 Å². The monoisotopic (exact) mass is 278 g/mol. The molecule has 0 aromatic heterocycles. The number of rotatable bonds is 3. The molecule has 0 aliphatic carbocycles. The largest absolute Gasteiger partial charge is 0.302 e. The maximum absolute atomic E-state index is 13.0. The van der Waals surface area contributed by atoms with Crippen LogP contribution in [-0.2, 0) is 11.2 Å². The van der Waals surface area contributed by atoms with Crippen molar-refractivity contribution in [3.63, 3.8) is 0 Å². The molecule has 14 heavy (non-hydrogen) atoms. The van der Waals surface area contributed by atoms with Crippen molar-refractivity contribution >= 4 is 33.8 Å². The van der Waals surface area contributed by atoms with E-state index < -0.39 is 5.38 Å². The van der Waals surface area contributed by atoms with Gasteiger partial charge in [-0.2, -0.15) is 0 Å². The van der Waals surface area contributed by atoms with Gasteiger partial charge in [0.1, 0.15) is 12.1 Å². The number of alkyl halides is 1. The van der Waals surface area contributed by atoms with Crippen molar-refractivity contribution in [2.75, 3.05) is 0 Å². The van der Waals surface area contributed by atoms with E-state index >= 15 is 0 Å². The molecule has 1 rings (SSSR count). The number of hydrogen-bond donors (Lipinski definition) is 0. The lowest BCUT2D eigenvalue weighted by Gasteiger charge is -2.07. The summed E-state index contributed by atoms with van der Waals surface area (Å²) < 4.78 is 13.4. The summed E-state index contributed by atoms with van der Waals surface area (Å²) in [5.74, 6) is -0.302. The van der Waals surface area contributed by atoms with Gasteiger partial charge in [0.2, 0.25) is 0 Å². The molecule has 1 aromatic rings. The van der Waals surface area contributed by atoms with Crippen molar-refractivity contribution in [1.29, 1.82) is 0 Å². The second-order valence-electron chi connectivity index (χ2n) is 3.05. The average Bonchev–Trinajstić information content (AvgIpc) is 2.14. The Morgan fingerprint density at radius 2 is 2.29 bits per heavy atom. The fourth-order valence-corrected chi connectivity index (χ4v) is 1.72. The van der Waals surface area contributed by atoms with E-state index in [1.165, 1.54) is 6.07 Å². The van der Waals surface area contributed by atoms with Gasteiger partial charge in [0.25, 0.3) is 0 Å². The molecule has 0 saturated heterocycles. The number of carbonyl (C=O) groups excluding carboxylic acids is 1. The zero-order valence-corrected chi connectivity index (χ0v) is 9.90. The molecule has 1 nitrogen and oxygen atoms in total. The fourth-order valence-electron chi connectivity index (χ4n) is 1.17. The first kappa shape index (κ1) is 11.7. The molecule has 0 heterocycles. The Bertz CT molecular complexity index is 354. The molecule has 4 heteroatoms. The maximum Gasteiger partial charge on any atom is 0.138 e. The van der Waals surface area contributed by atoms with Crippen LogP contribution in [0.1, 0.15) is 11.1 Å². The van der Waals surface area contributed by atoms with Crippen LogP contribution < -0.4 is 0 Å². The topological polar surface area (TPSA) is 17.1 Å². The van der Waals surface area contributed by atoms with Crippen LogP contribution in [0.25, 0.3) is 0 Å². The molecule has 0 bridgehead atoms. The number of hydrogen-bond acceptors (Lipinski definition) is 1. The molecule has 0 aliphatic heterocycles. The predicted octanol–water partition coefficient (Wildman–Crippen LogP) is 3.25. The summed E-state index contributed by atoms with van der Waals surface area (Å²) in [5.41, 5.74) is 1.68. The summed E-state index contributed by atoms with van der Waals surface area (Å²) in [6.45, 7) is 1.79. The highest BCUT2D eigenvalue weighted by Crippen LogP contribution is 2.22. The second kappa shape index (κ2) is 4.89. The molecule has 1 unspecified atom stereocenters. The zero-order chi connectivity index (χ0) is 10.7. The van der Waals surface area contributed by atoms with Crippen molar-refractivity contribution in [2.45, 2.75) is 18.7 Å². The summed E-state index contributed by atoms with van der Waals surface area (Å²) in [4.78, 5) is 10.4. The highest BCUT2D eigenvalue weighted by Gasteiger charge is 2.09. The summed E-state index contributed by atoms with van der Waals surface area (Å²) in [7, 11) is 0. The third-order valence-electron chi connectivity index (χ3n) is 1.94. The molecule has 0 spiro atoms. The van der Waals surface area contributed by atoms with Gasteiger partial charge < -0.3 is 4.79 Å². The lowest BCUT2D eigenvalue weighted by atomic mass is 10.0. The van der Waals surface area contributed by atoms with E-state index in [0.717, 1.165) is 11.1 Å². The number of aldehydes is 1. The number of aryl methyl sites for hydroxylation is 1. The van der Waals surface area contributed by atoms with Gasteiger partial charge in [-0.25, -0.2) is 4.39 Å². The summed E-state index contributed by atoms with van der Waals surface area (Å²) >= 11 is 8.77. The van der Waals surface area contributed by atoms with Gasteiger partial charge in [0.15, 0.2) is 0 Å². The molecule has 0 N–H and O–H groups in total. The first-order chi connectivity index (χ1) is 6.54. The van der Waals surface area contributed by atoms with Crippen LogP contribution in [0.4, 0.5) is 4.39 Å². The molecule has 1 aromatic carbocycles. The molecular formula is C10H9BrClFO. The third kappa shape index (κ3) is 2.79. The van der Waals surface area contributed by atoms with Gasteiger partial charge in [-0.15, -0.1) is 11.6 Å². The van der Waals surface area contributed by atoms with E-state index in [0.29, 0.717) is 17.2 Å². The number of benzene rings is 1. The first-order valence-corrected chi connectivity index (χ1v) is 5.31. The van der Waals surface area contributed by atoms with Gasteiger partial charge in [-0.3, -0.25) is 0 Å². The van der Waals surface area contributed by atoms with Crippen LogP contribution in [0.3, 0.4) is 0 Å².